The minimum Gasteiger partial charge on any atom is -0.395 e. The lowest BCUT2D eigenvalue weighted by Crippen LogP contribution is -2.42. The maximum Gasteiger partial charge on any atom is 0.0564 e. The molecular weight excluding hydrogens is 206 g/mol. The van der Waals surface area contributed by atoms with Gasteiger partial charge in [-0.3, -0.25) is 0 Å². The molecule has 0 aromatic rings. The molecule has 15 heavy (non-hydrogen) atoms. The van der Waals surface area contributed by atoms with Gasteiger partial charge in [-0.1, -0.05) is 13.8 Å². The van der Waals surface area contributed by atoms with Gasteiger partial charge in [-0.2, -0.15) is 11.8 Å². The Morgan fingerprint density at radius 2 is 2.20 bits per heavy atom. The molecule has 0 aliphatic heterocycles. The van der Waals surface area contributed by atoms with Gasteiger partial charge < -0.3 is 10.4 Å². The number of hydrogen-bond acceptors (Lipinski definition) is 3. The standard InChI is InChI=1S/C12H25NOS/c1-9(11(8-14)15-4)13-10-5-6-12(2,3)7-10/h9-11,13-14H,5-8H2,1-4H3. The van der Waals surface area contributed by atoms with Crippen molar-refractivity contribution in [2.75, 3.05) is 12.9 Å². The summed E-state index contributed by atoms with van der Waals surface area (Å²) in [5.41, 5.74) is 0.505. The summed E-state index contributed by atoms with van der Waals surface area (Å²) >= 11 is 1.75. The van der Waals surface area contributed by atoms with E-state index in [1.165, 1.54) is 19.3 Å². The Bertz CT molecular complexity index is 192. The van der Waals surface area contributed by atoms with E-state index in [2.05, 4.69) is 32.3 Å². The molecule has 1 saturated carbocycles. The van der Waals surface area contributed by atoms with E-state index in [0.29, 0.717) is 22.7 Å². The van der Waals surface area contributed by atoms with E-state index in [1.807, 2.05) is 0 Å². The van der Waals surface area contributed by atoms with E-state index in [4.69, 9.17) is 0 Å². The fraction of sp³-hybridized carbons (Fsp3) is 1.00. The number of hydrogen-bond donors (Lipinski definition) is 2. The average molecular weight is 231 g/mol. The topological polar surface area (TPSA) is 32.3 Å². The first-order valence-electron chi connectivity index (χ1n) is 5.88. The molecule has 1 aliphatic rings. The zero-order chi connectivity index (χ0) is 11.5. The van der Waals surface area contributed by atoms with Crippen LogP contribution in [-0.2, 0) is 0 Å². The third kappa shape index (κ3) is 3.97. The number of rotatable bonds is 5. The minimum absolute atomic E-state index is 0.269. The largest absolute Gasteiger partial charge is 0.395 e. The van der Waals surface area contributed by atoms with E-state index >= 15 is 0 Å². The van der Waals surface area contributed by atoms with Gasteiger partial charge in [-0.25, -0.2) is 0 Å². The normalized spacial score (nSPS) is 29.0. The van der Waals surface area contributed by atoms with Crippen LogP contribution in [0.25, 0.3) is 0 Å². The molecule has 0 radical (unpaired) electrons. The van der Waals surface area contributed by atoms with Gasteiger partial charge in [0.05, 0.1) is 6.61 Å². The highest BCUT2D eigenvalue weighted by Crippen LogP contribution is 2.37. The molecule has 0 aromatic heterocycles. The van der Waals surface area contributed by atoms with Crippen molar-refractivity contribution in [3.63, 3.8) is 0 Å². The van der Waals surface area contributed by atoms with Crippen LogP contribution in [0.5, 0.6) is 0 Å². The zero-order valence-corrected chi connectivity index (χ0v) is 11.2. The summed E-state index contributed by atoms with van der Waals surface area (Å²) in [6.07, 6.45) is 5.94. The fourth-order valence-electron chi connectivity index (χ4n) is 2.49. The molecule has 0 spiro atoms. The molecule has 1 rings (SSSR count). The lowest BCUT2D eigenvalue weighted by atomic mass is 9.92. The molecule has 3 heteroatoms. The number of aliphatic hydroxyl groups excluding tert-OH is 1. The smallest absolute Gasteiger partial charge is 0.0564 e. The van der Waals surface area contributed by atoms with Crippen LogP contribution in [0.15, 0.2) is 0 Å². The molecule has 1 aliphatic carbocycles. The van der Waals surface area contributed by atoms with Crippen LogP contribution < -0.4 is 5.32 Å². The Labute approximate surface area is 98.2 Å². The Balaban J connectivity index is 2.36. The Morgan fingerprint density at radius 1 is 1.53 bits per heavy atom. The van der Waals surface area contributed by atoms with Crippen LogP contribution in [0, 0.1) is 5.41 Å². The maximum atomic E-state index is 9.21. The summed E-state index contributed by atoms with van der Waals surface area (Å²) < 4.78 is 0. The first kappa shape index (κ1) is 13.3. The third-order valence-corrected chi connectivity index (χ3v) is 4.67. The van der Waals surface area contributed by atoms with Crippen molar-refractivity contribution in [3.8, 4) is 0 Å². The quantitative estimate of drug-likeness (QED) is 0.761. The summed E-state index contributed by atoms with van der Waals surface area (Å²) in [6.45, 7) is 7.14. The number of thioether (sulfide) groups is 1. The molecule has 3 unspecified atom stereocenters. The van der Waals surface area contributed by atoms with Gasteiger partial charge in [0.15, 0.2) is 0 Å². The lowest BCUT2D eigenvalue weighted by Gasteiger charge is -2.26. The van der Waals surface area contributed by atoms with E-state index in [-0.39, 0.29) is 6.61 Å². The van der Waals surface area contributed by atoms with Gasteiger partial charge in [0.1, 0.15) is 0 Å². The lowest BCUT2D eigenvalue weighted by molar-refractivity contribution is 0.267. The van der Waals surface area contributed by atoms with Crippen molar-refractivity contribution in [2.45, 2.75) is 57.4 Å². The van der Waals surface area contributed by atoms with Gasteiger partial charge in [-0.05, 0) is 37.9 Å². The second-order valence-electron chi connectivity index (χ2n) is 5.52. The molecule has 0 amide bonds. The summed E-state index contributed by atoms with van der Waals surface area (Å²) in [5, 5.41) is 13.2. The Hall–Kier alpha value is 0.270. The minimum atomic E-state index is 0.269. The average Bonchev–Trinajstić information content (AvgIpc) is 2.47. The first-order valence-corrected chi connectivity index (χ1v) is 7.17. The van der Waals surface area contributed by atoms with Crippen LogP contribution in [-0.4, -0.2) is 35.3 Å². The van der Waals surface area contributed by atoms with Crippen molar-refractivity contribution in [1.82, 2.24) is 5.32 Å². The van der Waals surface area contributed by atoms with Crippen molar-refractivity contribution in [3.05, 3.63) is 0 Å². The van der Waals surface area contributed by atoms with E-state index < -0.39 is 0 Å². The molecule has 2 N–H and O–H groups in total. The van der Waals surface area contributed by atoms with Crippen LogP contribution in [0.3, 0.4) is 0 Å². The van der Waals surface area contributed by atoms with Crippen molar-refractivity contribution in [2.24, 2.45) is 5.41 Å². The molecule has 0 aromatic carbocycles. The monoisotopic (exact) mass is 231 g/mol. The van der Waals surface area contributed by atoms with Gasteiger partial charge in [0, 0.05) is 17.3 Å². The Kier molecular flexibility index (Phi) is 4.94. The van der Waals surface area contributed by atoms with Gasteiger partial charge in [0.2, 0.25) is 0 Å². The molecule has 2 nitrogen and oxygen atoms in total. The predicted octanol–water partition coefficient (Wildman–Crippen LogP) is 2.27. The first-order chi connectivity index (χ1) is 6.98. The third-order valence-electron chi connectivity index (χ3n) is 3.51. The van der Waals surface area contributed by atoms with Gasteiger partial charge in [0.25, 0.3) is 0 Å². The number of aliphatic hydroxyl groups is 1. The van der Waals surface area contributed by atoms with E-state index in [1.54, 1.807) is 11.8 Å². The van der Waals surface area contributed by atoms with Gasteiger partial charge in [-0.15, -0.1) is 0 Å². The van der Waals surface area contributed by atoms with Crippen LogP contribution in [0.2, 0.25) is 0 Å². The zero-order valence-electron chi connectivity index (χ0n) is 10.4. The fourth-order valence-corrected chi connectivity index (χ4v) is 3.13. The SMILES string of the molecule is CSC(CO)C(C)NC1CCC(C)(C)C1. The molecule has 0 bridgehead atoms. The van der Waals surface area contributed by atoms with Crippen molar-refractivity contribution < 1.29 is 5.11 Å². The number of nitrogens with one attached hydrogen (secondary N) is 1. The summed E-state index contributed by atoms with van der Waals surface area (Å²) in [7, 11) is 0. The second-order valence-corrected chi connectivity index (χ2v) is 6.59. The Morgan fingerprint density at radius 3 is 2.60 bits per heavy atom. The molecule has 90 valence electrons. The molecular formula is C12H25NOS. The molecule has 1 fully saturated rings. The van der Waals surface area contributed by atoms with Crippen molar-refractivity contribution >= 4 is 11.8 Å². The summed E-state index contributed by atoms with van der Waals surface area (Å²) in [4.78, 5) is 0. The van der Waals surface area contributed by atoms with Crippen LogP contribution in [0.4, 0.5) is 0 Å². The maximum absolute atomic E-state index is 9.21. The highest BCUT2D eigenvalue weighted by Gasteiger charge is 2.32. The van der Waals surface area contributed by atoms with Crippen molar-refractivity contribution in [1.29, 1.82) is 0 Å². The van der Waals surface area contributed by atoms with E-state index in [0.717, 1.165) is 0 Å². The molecule has 3 atom stereocenters. The highest BCUT2D eigenvalue weighted by atomic mass is 32.2. The predicted molar refractivity (Wildman–Crippen MR) is 68.4 cm³/mol. The highest BCUT2D eigenvalue weighted by molar-refractivity contribution is 7.99. The van der Waals surface area contributed by atoms with Crippen LogP contribution in [0.1, 0.15) is 40.0 Å². The van der Waals surface area contributed by atoms with Gasteiger partial charge >= 0.3 is 0 Å². The molecule has 0 heterocycles. The summed E-state index contributed by atoms with van der Waals surface area (Å²) in [6, 6.07) is 1.06. The molecule has 0 saturated heterocycles. The summed E-state index contributed by atoms with van der Waals surface area (Å²) in [5.74, 6) is 0. The van der Waals surface area contributed by atoms with E-state index in [9.17, 15) is 5.11 Å². The van der Waals surface area contributed by atoms with Crippen LogP contribution >= 0.6 is 11.8 Å². The second kappa shape index (κ2) is 5.55.